The number of hydrogen-bond donors (Lipinski definition) is 14. The van der Waals surface area contributed by atoms with Gasteiger partial charge in [0.2, 0.25) is 41.4 Å². The number of unbranched alkanes of at least 4 members (excludes halogenated alkanes) is 2. The molecule has 2 heterocycles. The summed E-state index contributed by atoms with van der Waals surface area (Å²) in [5, 5.41) is 34.3. The van der Waals surface area contributed by atoms with Gasteiger partial charge in [-0.3, -0.25) is 38.8 Å². The molecule has 6 atom stereocenters. The summed E-state index contributed by atoms with van der Waals surface area (Å²) in [5.74, 6) is -6.42. The normalized spacial score (nSPS) is 16.3. The Balaban J connectivity index is 1.97. The minimum absolute atomic E-state index is 0.0188. The van der Waals surface area contributed by atoms with Gasteiger partial charge in [-0.15, -0.1) is 0 Å². The van der Waals surface area contributed by atoms with Crippen LogP contribution in [0.5, 0.6) is 5.75 Å². The first-order valence-corrected chi connectivity index (χ1v) is 32.2. The molecule has 1 aromatic rings. The van der Waals surface area contributed by atoms with E-state index in [4.69, 9.17) is 31.4 Å². The van der Waals surface area contributed by atoms with Gasteiger partial charge in [-0.25, -0.2) is 27.5 Å². The number of nitrogens with zero attached hydrogens (tertiary/aromatic N) is 2. The van der Waals surface area contributed by atoms with Gasteiger partial charge < -0.3 is 84.4 Å². The van der Waals surface area contributed by atoms with Crippen LogP contribution in [0.2, 0.25) is 0 Å². The van der Waals surface area contributed by atoms with Crippen LogP contribution in [0.15, 0.2) is 14.9 Å². The van der Waals surface area contributed by atoms with Crippen molar-refractivity contribution >= 4 is 75.5 Å². The van der Waals surface area contributed by atoms with Crippen molar-refractivity contribution in [2.45, 2.75) is 231 Å². The van der Waals surface area contributed by atoms with Crippen LogP contribution in [-0.4, -0.2) is 171 Å². The predicted molar refractivity (Wildman–Crippen MR) is 337 cm³/mol. The minimum Gasteiger partial charge on any atom is -0.487 e. The van der Waals surface area contributed by atoms with E-state index < -0.39 is 123 Å². The molecule has 1 aromatic carbocycles. The number of benzene rings is 1. The smallest absolute Gasteiger partial charge is 0.407 e. The van der Waals surface area contributed by atoms with E-state index in [0.29, 0.717) is 48.2 Å². The fourth-order valence-corrected chi connectivity index (χ4v) is 11.4. The van der Waals surface area contributed by atoms with Gasteiger partial charge in [-0.05, 0) is 182 Å². The molecular weight excluding hydrogens is 1190 g/mol. The van der Waals surface area contributed by atoms with Crippen molar-refractivity contribution in [2.75, 3.05) is 39.3 Å². The lowest BCUT2D eigenvalue weighted by Crippen LogP contribution is -2.58. The number of hydrogen-bond acceptors (Lipinski definition) is 17. The molecule has 0 radical (unpaired) electrons. The van der Waals surface area contributed by atoms with Crippen LogP contribution in [0.3, 0.4) is 0 Å². The molecule has 508 valence electrons. The second kappa shape index (κ2) is 35.0. The third-order valence-corrected chi connectivity index (χ3v) is 16.1. The van der Waals surface area contributed by atoms with Crippen molar-refractivity contribution < 1.29 is 70.9 Å². The molecule has 8 amide bonds. The zero-order valence-corrected chi connectivity index (χ0v) is 55.5. The average Bonchev–Trinajstić information content (AvgIpc) is 1.92. The molecule has 0 saturated carbocycles. The summed E-state index contributed by atoms with van der Waals surface area (Å²) in [4.78, 5) is 129. The van der Waals surface area contributed by atoms with E-state index in [0.717, 1.165) is 12.0 Å². The highest BCUT2D eigenvalue weighted by atomic mass is 32.2. The van der Waals surface area contributed by atoms with E-state index in [9.17, 15) is 56.7 Å². The quantitative estimate of drug-likeness (QED) is 0.0262. The number of nitrogens with one attached hydrogen (secondary N) is 10. The number of alkyl carbamates (subject to hydrolysis) is 2. The monoisotopic (exact) mass is 1290 g/mol. The Hall–Kier alpha value is -7.70. The Morgan fingerprint density at radius 1 is 0.667 bits per heavy atom. The van der Waals surface area contributed by atoms with Crippen molar-refractivity contribution in [3.63, 3.8) is 0 Å². The third kappa shape index (κ3) is 26.8. The van der Waals surface area contributed by atoms with Gasteiger partial charge >= 0.3 is 18.2 Å². The molecule has 2 aliphatic rings. The fourth-order valence-electron chi connectivity index (χ4n) is 9.92. The van der Waals surface area contributed by atoms with Crippen LogP contribution >= 0.6 is 0 Å². The summed E-state index contributed by atoms with van der Waals surface area (Å²) >= 11 is 0. The number of rotatable bonds is 34. The molecule has 0 bridgehead atoms. The Bertz CT molecular complexity index is 2860. The predicted octanol–water partition coefficient (Wildman–Crippen LogP) is 1.17. The number of carboxylic acids is 1. The Morgan fingerprint density at radius 3 is 1.63 bits per heavy atom. The first-order valence-electron chi connectivity index (χ1n) is 30.7. The van der Waals surface area contributed by atoms with Crippen LogP contribution in [0.1, 0.15) is 169 Å². The largest absolute Gasteiger partial charge is 0.487 e. The van der Waals surface area contributed by atoms with Crippen molar-refractivity contribution in [1.82, 2.24) is 52.6 Å². The molecule has 30 nitrogen and oxygen atoms in total. The van der Waals surface area contributed by atoms with Gasteiger partial charge in [0.1, 0.15) is 52.8 Å². The van der Waals surface area contributed by atoms with Gasteiger partial charge in [-0.2, -0.15) is 0 Å². The average molecular weight is 1290 g/mol. The molecule has 0 unspecified atom stereocenters. The number of aliphatic carboxylic acids is 1. The van der Waals surface area contributed by atoms with E-state index in [1.54, 1.807) is 76.2 Å². The number of ether oxygens (including phenoxy) is 3. The molecule has 90 heavy (non-hydrogen) atoms. The second-order valence-corrected chi connectivity index (χ2v) is 27.2. The number of carbonyl (C=O) groups is 9. The van der Waals surface area contributed by atoms with Gasteiger partial charge in [0, 0.05) is 38.2 Å². The first-order chi connectivity index (χ1) is 41.8. The van der Waals surface area contributed by atoms with Crippen molar-refractivity contribution in [3.05, 3.63) is 22.3 Å². The molecular formula is C59H101N15O15S. The molecule has 3 rings (SSSR count). The molecule has 17 N–H and O–H groups in total. The molecule has 1 fully saturated rings. The Kier molecular flexibility index (Phi) is 29.8. The Labute approximate surface area is 528 Å². The standard InChI is InChI=1S/C59H101N15O15S/c1-33(2)44(73-47(76)38-23-18-28-63-38)51(80)68-32-43(75)69-39(21-14-16-26-66-55(83)88-57(6,7)8)48(77)70-40(22-15-17-27-67-56(84)89-58(9,10)11)49(78)71-41(50(79)72-42(52(81)82)25-20-29-64-53(60)61)24-19-30-65-54(62)74-90(85,86)46-35(4)34(3)45-37(36(46)5)31-59(12,13)87-45/h33,38-42,44,63H,14-32H2,1-13H3,(H,66,83)(H,67,84)(H,68,80)(H,69,75)(H,70,77)(H,71,78)(H,72,79)(H,73,76)(H,81,82)(H4,60,61,64)(H3,62,65,74)/t38-,39-,40-,41-,42-,44-/m0/s1. The van der Waals surface area contributed by atoms with Crippen LogP contribution in [0.25, 0.3) is 0 Å². The van der Waals surface area contributed by atoms with Gasteiger partial charge in [0.05, 0.1) is 17.5 Å². The third-order valence-electron chi connectivity index (χ3n) is 14.4. The fraction of sp³-hybridized carbons (Fsp3) is 0.712. The topological polar surface area (TPSA) is 459 Å². The van der Waals surface area contributed by atoms with E-state index in [-0.39, 0.29) is 107 Å². The maximum atomic E-state index is 14.7. The highest BCUT2D eigenvalue weighted by Crippen LogP contribution is 2.43. The van der Waals surface area contributed by atoms with Gasteiger partial charge in [-0.1, -0.05) is 13.8 Å². The van der Waals surface area contributed by atoms with E-state index in [1.807, 2.05) is 13.8 Å². The van der Waals surface area contributed by atoms with Crippen LogP contribution in [0.4, 0.5) is 9.59 Å². The van der Waals surface area contributed by atoms with Crippen molar-refractivity contribution in [2.24, 2.45) is 33.1 Å². The maximum Gasteiger partial charge on any atom is 0.407 e. The second-order valence-electron chi connectivity index (χ2n) is 25.6. The molecule has 0 spiro atoms. The van der Waals surface area contributed by atoms with Gasteiger partial charge in [0.25, 0.3) is 10.0 Å². The summed E-state index contributed by atoms with van der Waals surface area (Å²) in [5.41, 5.74) is 17.3. The van der Waals surface area contributed by atoms with E-state index >= 15 is 0 Å². The number of nitrogens with two attached hydrogens (primary N) is 3. The summed E-state index contributed by atoms with van der Waals surface area (Å²) in [6.45, 7) is 22.6. The maximum absolute atomic E-state index is 14.7. The van der Waals surface area contributed by atoms with Crippen molar-refractivity contribution in [3.8, 4) is 5.75 Å². The summed E-state index contributed by atoms with van der Waals surface area (Å²) in [7, 11) is -4.31. The SMILES string of the molecule is Cc1c(C)c(S(=O)(=O)NC(N)=NCCC[C@H](NC(=O)[C@H](CCCCNC(=O)OC(C)(C)C)NC(=O)[C@H](CCCCNC(=O)OC(C)(C)C)NC(=O)CNC(=O)[C@@H](NC(=O)[C@@H]2CCCN2)C(C)C)C(=O)N[C@@H](CCCN=C(N)N)C(=O)O)c(C)c2c1OC(C)(C)C2. The molecule has 2 aliphatic heterocycles. The molecule has 0 aromatic heterocycles. The molecule has 1 saturated heterocycles. The van der Waals surface area contributed by atoms with Crippen LogP contribution in [0, 0.1) is 26.7 Å². The number of guanidine groups is 2. The summed E-state index contributed by atoms with van der Waals surface area (Å²) in [6, 6.07) is -7.32. The first kappa shape index (κ1) is 76.5. The Morgan fingerprint density at radius 2 is 1.16 bits per heavy atom. The highest BCUT2D eigenvalue weighted by molar-refractivity contribution is 7.90. The van der Waals surface area contributed by atoms with Crippen LogP contribution in [-0.2, 0) is 59.5 Å². The number of carbonyl (C=O) groups excluding carboxylic acids is 8. The molecule has 0 aliphatic carbocycles. The van der Waals surface area contributed by atoms with Crippen LogP contribution < -0.4 is 74.5 Å². The zero-order valence-electron chi connectivity index (χ0n) is 54.7. The lowest BCUT2D eigenvalue weighted by molar-refractivity contribution is -0.142. The molecule has 31 heteroatoms. The van der Waals surface area contributed by atoms with Crippen molar-refractivity contribution in [1.29, 1.82) is 0 Å². The number of sulfonamides is 1. The zero-order chi connectivity index (χ0) is 67.9. The van der Waals surface area contributed by atoms with E-state index in [2.05, 4.69) is 62.6 Å². The number of aliphatic imine (C=N–C) groups is 2. The lowest BCUT2D eigenvalue weighted by atomic mass is 9.94. The van der Waals surface area contributed by atoms with E-state index in [1.165, 1.54) is 0 Å². The highest BCUT2D eigenvalue weighted by Gasteiger charge is 2.38. The number of fused-ring (bicyclic) bond motifs is 1. The number of amides is 8. The van der Waals surface area contributed by atoms with Gasteiger partial charge in [0.15, 0.2) is 5.96 Å². The number of carboxylic acid groups (broad SMARTS) is 1. The lowest BCUT2D eigenvalue weighted by Gasteiger charge is -2.26. The summed E-state index contributed by atoms with van der Waals surface area (Å²) < 4.78 is 47.1. The summed E-state index contributed by atoms with van der Waals surface area (Å²) in [6.07, 6.45) is 0.960. The minimum atomic E-state index is -4.31.